The summed E-state index contributed by atoms with van der Waals surface area (Å²) >= 11 is 0. The first-order chi connectivity index (χ1) is 13.5. The average molecular weight is 381 g/mol. The van der Waals surface area contributed by atoms with Gasteiger partial charge in [0.25, 0.3) is 5.91 Å². The highest BCUT2D eigenvalue weighted by molar-refractivity contribution is 6.06. The van der Waals surface area contributed by atoms with Gasteiger partial charge in [-0.2, -0.15) is 0 Å². The van der Waals surface area contributed by atoms with Gasteiger partial charge in [0.1, 0.15) is 5.82 Å². The Labute approximate surface area is 166 Å². The SMILES string of the molecule is CCN1CCN(C(=O)c2cccc3c(C)c(C)[nH]c23)CC1.Fc1ccccc1. The van der Waals surface area contributed by atoms with Crippen LogP contribution in [0.3, 0.4) is 0 Å². The van der Waals surface area contributed by atoms with Crippen molar-refractivity contribution in [3.05, 3.63) is 71.2 Å². The third-order valence-corrected chi connectivity index (χ3v) is 5.41. The summed E-state index contributed by atoms with van der Waals surface area (Å²) in [5, 5.41) is 1.16. The van der Waals surface area contributed by atoms with Gasteiger partial charge in [-0.15, -0.1) is 0 Å². The second-order valence-corrected chi connectivity index (χ2v) is 7.13. The molecule has 1 aliphatic rings. The Kier molecular flexibility index (Phi) is 6.47. The minimum atomic E-state index is -0.178. The molecule has 148 valence electrons. The standard InChI is InChI=1S/C17H23N3O.C6H5F/c1-4-19-8-10-20(11-9-19)17(21)15-7-5-6-14-12(2)13(3)18-16(14)15;7-6-4-2-1-3-5-6/h5-7,18H,4,8-11H2,1-3H3;1-5H. The quantitative estimate of drug-likeness (QED) is 0.715. The number of benzene rings is 2. The molecular weight excluding hydrogens is 353 g/mol. The van der Waals surface area contributed by atoms with Gasteiger partial charge in [-0.1, -0.05) is 37.3 Å². The van der Waals surface area contributed by atoms with Crippen molar-refractivity contribution < 1.29 is 9.18 Å². The summed E-state index contributed by atoms with van der Waals surface area (Å²) in [5.41, 5.74) is 4.15. The van der Waals surface area contributed by atoms with E-state index in [9.17, 15) is 9.18 Å². The monoisotopic (exact) mass is 381 g/mol. The predicted molar refractivity (Wildman–Crippen MR) is 112 cm³/mol. The van der Waals surface area contributed by atoms with Gasteiger partial charge in [-0.25, -0.2) is 4.39 Å². The van der Waals surface area contributed by atoms with Crippen molar-refractivity contribution >= 4 is 16.8 Å². The van der Waals surface area contributed by atoms with Crippen molar-refractivity contribution in [3.8, 4) is 0 Å². The van der Waals surface area contributed by atoms with Crippen LogP contribution in [0.25, 0.3) is 10.9 Å². The molecule has 2 heterocycles. The molecule has 0 spiro atoms. The third-order valence-electron chi connectivity index (χ3n) is 5.41. The lowest BCUT2D eigenvalue weighted by molar-refractivity contribution is 0.0645. The van der Waals surface area contributed by atoms with Crippen LogP contribution in [0.2, 0.25) is 0 Å². The maximum absolute atomic E-state index is 12.8. The highest BCUT2D eigenvalue weighted by Crippen LogP contribution is 2.25. The number of aromatic amines is 1. The first-order valence-electron chi connectivity index (χ1n) is 9.81. The molecule has 1 fully saturated rings. The first-order valence-corrected chi connectivity index (χ1v) is 9.81. The fourth-order valence-corrected chi connectivity index (χ4v) is 3.51. The first kappa shape index (κ1) is 20.1. The number of carbonyl (C=O) groups is 1. The molecule has 0 atom stereocenters. The van der Waals surface area contributed by atoms with Gasteiger partial charge in [-0.3, -0.25) is 4.79 Å². The van der Waals surface area contributed by atoms with Crippen molar-refractivity contribution in [1.82, 2.24) is 14.8 Å². The molecule has 0 unspecified atom stereocenters. The minimum absolute atomic E-state index is 0.151. The molecule has 0 bridgehead atoms. The largest absolute Gasteiger partial charge is 0.358 e. The van der Waals surface area contributed by atoms with Gasteiger partial charge in [0.2, 0.25) is 0 Å². The molecule has 1 N–H and O–H groups in total. The number of nitrogens with one attached hydrogen (secondary N) is 1. The van der Waals surface area contributed by atoms with Crippen molar-refractivity contribution in [2.24, 2.45) is 0 Å². The van der Waals surface area contributed by atoms with E-state index in [1.54, 1.807) is 18.2 Å². The number of carbonyl (C=O) groups excluding carboxylic acids is 1. The van der Waals surface area contributed by atoms with Gasteiger partial charge < -0.3 is 14.8 Å². The number of fused-ring (bicyclic) bond motifs is 1. The molecule has 1 aromatic heterocycles. The molecule has 1 aliphatic heterocycles. The van der Waals surface area contributed by atoms with E-state index in [1.165, 1.54) is 17.7 Å². The molecule has 0 aliphatic carbocycles. The average Bonchev–Trinajstić information content (AvgIpc) is 3.02. The zero-order chi connectivity index (χ0) is 20.1. The molecule has 0 saturated carbocycles. The fraction of sp³-hybridized carbons (Fsp3) is 0.348. The normalized spacial score (nSPS) is 14.6. The van der Waals surface area contributed by atoms with Crippen LogP contribution in [0, 0.1) is 19.7 Å². The number of amides is 1. The molecule has 1 saturated heterocycles. The highest BCUT2D eigenvalue weighted by Gasteiger charge is 2.23. The van der Waals surface area contributed by atoms with Crippen LogP contribution in [-0.4, -0.2) is 53.4 Å². The lowest BCUT2D eigenvalue weighted by Crippen LogP contribution is -2.48. The molecule has 1 amide bonds. The number of halogens is 1. The molecule has 5 heteroatoms. The van der Waals surface area contributed by atoms with Crippen molar-refractivity contribution in [1.29, 1.82) is 0 Å². The number of likely N-dealkylation sites (N-methyl/N-ethyl adjacent to an activating group) is 1. The lowest BCUT2D eigenvalue weighted by Gasteiger charge is -2.34. The van der Waals surface area contributed by atoms with E-state index >= 15 is 0 Å². The number of H-pyrrole nitrogens is 1. The van der Waals surface area contributed by atoms with E-state index in [1.807, 2.05) is 17.0 Å². The smallest absolute Gasteiger partial charge is 0.256 e. The number of hydrogen-bond donors (Lipinski definition) is 1. The predicted octanol–water partition coefficient (Wildman–Crippen LogP) is 4.39. The summed E-state index contributed by atoms with van der Waals surface area (Å²) in [6, 6.07) is 13.9. The second kappa shape index (κ2) is 9.02. The minimum Gasteiger partial charge on any atom is -0.358 e. The number of aromatic nitrogens is 1. The van der Waals surface area contributed by atoms with Gasteiger partial charge in [0.15, 0.2) is 0 Å². The maximum Gasteiger partial charge on any atom is 0.256 e. The molecule has 3 aromatic rings. The summed E-state index contributed by atoms with van der Waals surface area (Å²) in [4.78, 5) is 20.6. The Morgan fingerprint density at radius 3 is 2.25 bits per heavy atom. The zero-order valence-corrected chi connectivity index (χ0v) is 16.8. The summed E-state index contributed by atoms with van der Waals surface area (Å²) in [7, 11) is 0. The third kappa shape index (κ3) is 4.42. The second-order valence-electron chi connectivity index (χ2n) is 7.13. The van der Waals surface area contributed by atoms with Crippen molar-refractivity contribution in [2.45, 2.75) is 20.8 Å². The topological polar surface area (TPSA) is 39.3 Å². The Morgan fingerprint density at radius 2 is 1.68 bits per heavy atom. The van der Waals surface area contributed by atoms with Crippen molar-refractivity contribution in [3.63, 3.8) is 0 Å². The van der Waals surface area contributed by atoms with Crippen LogP contribution in [0.1, 0.15) is 28.5 Å². The van der Waals surface area contributed by atoms with Gasteiger partial charge in [-0.05, 0) is 44.2 Å². The zero-order valence-electron chi connectivity index (χ0n) is 16.8. The number of aryl methyl sites for hydroxylation is 2. The number of hydrogen-bond acceptors (Lipinski definition) is 2. The Bertz CT molecular complexity index is 928. The number of piperazine rings is 1. The van der Waals surface area contributed by atoms with E-state index in [0.717, 1.165) is 54.9 Å². The summed E-state index contributed by atoms with van der Waals surface area (Å²) in [5.74, 6) is -0.0277. The van der Waals surface area contributed by atoms with Gasteiger partial charge >= 0.3 is 0 Å². The van der Waals surface area contributed by atoms with E-state index in [-0.39, 0.29) is 11.7 Å². The van der Waals surface area contributed by atoms with Crippen molar-refractivity contribution in [2.75, 3.05) is 32.7 Å². The molecule has 4 rings (SSSR count). The van der Waals surface area contributed by atoms with Crippen LogP contribution < -0.4 is 0 Å². The summed E-state index contributed by atoms with van der Waals surface area (Å²) in [6.07, 6.45) is 0. The number of nitrogens with zero attached hydrogens (tertiary/aromatic N) is 2. The van der Waals surface area contributed by atoms with Crippen LogP contribution in [0.15, 0.2) is 48.5 Å². The highest BCUT2D eigenvalue weighted by atomic mass is 19.1. The van der Waals surface area contributed by atoms with E-state index < -0.39 is 0 Å². The summed E-state index contributed by atoms with van der Waals surface area (Å²) in [6.45, 7) is 11.0. The Morgan fingerprint density at radius 1 is 1.00 bits per heavy atom. The van der Waals surface area contributed by atoms with Gasteiger partial charge in [0.05, 0.1) is 11.1 Å². The molecular formula is C23H28FN3O. The van der Waals surface area contributed by atoms with Gasteiger partial charge in [0, 0.05) is 37.3 Å². The number of rotatable bonds is 2. The molecule has 28 heavy (non-hydrogen) atoms. The Hall–Kier alpha value is -2.66. The number of para-hydroxylation sites is 1. The van der Waals surface area contributed by atoms with Crippen LogP contribution in [0.5, 0.6) is 0 Å². The van der Waals surface area contributed by atoms with Crippen LogP contribution in [-0.2, 0) is 0 Å². The Balaban J connectivity index is 0.000000271. The van der Waals surface area contributed by atoms with E-state index in [2.05, 4.69) is 36.7 Å². The van der Waals surface area contributed by atoms with Crippen LogP contribution in [0.4, 0.5) is 4.39 Å². The fourth-order valence-electron chi connectivity index (χ4n) is 3.51. The molecule has 0 radical (unpaired) electrons. The van der Waals surface area contributed by atoms with E-state index in [4.69, 9.17) is 0 Å². The lowest BCUT2D eigenvalue weighted by atomic mass is 10.1. The maximum atomic E-state index is 12.8. The van der Waals surface area contributed by atoms with Crippen LogP contribution >= 0.6 is 0 Å². The molecule has 4 nitrogen and oxygen atoms in total. The molecule has 2 aromatic carbocycles. The summed E-state index contributed by atoms with van der Waals surface area (Å²) < 4.78 is 11.9. The van der Waals surface area contributed by atoms with E-state index in [0.29, 0.717) is 0 Å².